The van der Waals surface area contributed by atoms with Gasteiger partial charge in [-0.15, -0.1) is 0 Å². The predicted octanol–water partition coefficient (Wildman–Crippen LogP) is 6.66. The number of ether oxygens (including phenoxy) is 1. The van der Waals surface area contributed by atoms with E-state index in [1.54, 1.807) is 0 Å². The normalized spacial score (nSPS) is 21.6. The van der Waals surface area contributed by atoms with E-state index in [4.69, 9.17) is 4.74 Å². The number of hydrogen-bond donors (Lipinski definition) is 2. The molecule has 1 aromatic heterocycles. The lowest BCUT2D eigenvalue weighted by Crippen LogP contribution is -2.39. The fraction of sp³-hybridized carbons (Fsp3) is 0.656. The lowest BCUT2D eigenvalue weighted by molar-refractivity contribution is 0.0696. The van der Waals surface area contributed by atoms with Crippen molar-refractivity contribution in [3.63, 3.8) is 0 Å². The van der Waals surface area contributed by atoms with E-state index in [0.29, 0.717) is 18.8 Å². The largest absolute Gasteiger partial charge is 0.387 e. The number of aliphatic hydroxyl groups excluding tert-OH is 1. The first-order valence-electron chi connectivity index (χ1n) is 14.5. The van der Waals surface area contributed by atoms with E-state index in [0.717, 1.165) is 42.6 Å². The van der Waals surface area contributed by atoms with E-state index in [2.05, 4.69) is 55.8 Å². The van der Waals surface area contributed by atoms with E-state index < -0.39 is 6.10 Å². The molecule has 5 rings (SSSR count). The third kappa shape index (κ3) is 5.54. The van der Waals surface area contributed by atoms with Crippen LogP contribution in [0.25, 0.3) is 5.69 Å². The van der Waals surface area contributed by atoms with Gasteiger partial charge in [-0.1, -0.05) is 53.0 Å². The number of benzene rings is 1. The van der Waals surface area contributed by atoms with Gasteiger partial charge in [0.15, 0.2) is 0 Å². The number of aliphatic hydroxyl groups is 1. The van der Waals surface area contributed by atoms with Gasteiger partial charge < -0.3 is 19.7 Å². The topological polar surface area (TPSA) is 63.5 Å². The molecule has 5 heteroatoms. The molecule has 2 aromatic rings. The van der Waals surface area contributed by atoms with Crippen LogP contribution in [0.4, 0.5) is 0 Å². The fourth-order valence-electron chi connectivity index (χ4n) is 6.21. The Hall–Kier alpha value is -2.11. The summed E-state index contributed by atoms with van der Waals surface area (Å²) in [5.41, 5.74) is 6.43. The minimum Gasteiger partial charge on any atom is -0.387 e. The Morgan fingerprint density at radius 1 is 1.08 bits per heavy atom. The Morgan fingerprint density at radius 2 is 1.76 bits per heavy atom. The molecule has 0 radical (unpaired) electrons. The van der Waals surface area contributed by atoms with E-state index in [1.165, 1.54) is 43.2 Å². The van der Waals surface area contributed by atoms with Gasteiger partial charge in [0.25, 0.3) is 5.91 Å². The van der Waals surface area contributed by atoms with Gasteiger partial charge in [-0.25, -0.2) is 0 Å². The summed E-state index contributed by atoms with van der Waals surface area (Å²) in [6.45, 7) is 12.5. The van der Waals surface area contributed by atoms with Gasteiger partial charge in [-0.05, 0) is 91.0 Å². The molecule has 1 unspecified atom stereocenters. The minimum absolute atomic E-state index is 0.00359. The van der Waals surface area contributed by atoms with Crippen molar-refractivity contribution in [1.29, 1.82) is 0 Å². The zero-order chi connectivity index (χ0) is 26.4. The fourth-order valence-corrected chi connectivity index (χ4v) is 6.21. The maximum absolute atomic E-state index is 13.5. The molecule has 1 saturated heterocycles. The molecule has 1 amide bonds. The van der Waals surface area contributed by atoms with Gasteiger partial charge in [0.2, 0.25) is 0 Å². The summed E-state index contributed by atoms with van der Waals surface area (Å²) >= 11 is 0. The summed E-state index contributed by atoms with van der Waals surface area (Å²) in [4.78, 5) is 13.5. The van der Waals surface area contributed by atoms with Crippen LogP contribution in [0, 0.1) is 12.8 Å². The SMILES string of the molecule is Cc1c(C(=O)NC2CCOCC2)cn(-c2cc(C(C)(C)C)cc(C3(C)CC3)c2)c1C(O)C1CCCCC1. The summed E-state index contributed by atoms with van der Waals surface area (Å²) in [7, 11) is 0. The first-order chi connectivity index (χ1) is 17.6. The van der Waals surface area contributed by atoms with E-state index in [9.17, 15) is 9.90 Å². The highest BCUT2D eigenvalue weighted by Crippen LogP contribution is 2.49. The Morgan fingerprint density at radius 3 is 2.38 bits per heavy atom. The smallest absolute Gasteiger partial charge is 0.253 e. The van der Waals surface area contributed by atoms with Gasteiger partial charge in [0.05, 0.1) is 17.4 Å². The minimum atomic E-state index is -0.580. The first kappa shape index (κ1) is 26.5. The lowest BCUT2D eigenvalue weighted by atomic mass is 9.82. The molecule has 202 valence electrons. The number of amides is 1. The summed E-state index contributed by atoms with van der Waals surface area (Å²) in [6, 6.07) is 7.09. The summed E-state index contributed by atoms with van der Waals surface area (Å²) in [5, 5.41) is 15.0. The van der Waals surface area contributed by atoms with Crippen LogP contribution in [0.5, 0.6) is 0 Å². The van der Waals surface area contributed by atoms with E-state index in [1.807, 2.05) is 13.1 Å². The van der Waals surface area contributed by atoms with Crippen LogP contribution in [0.1, 0.15) is 124 Å². The molecule has 37 heavy (non-hydrogen) atoms. The second-order valence-electron chi connectivity index (χ2n) is 13.2. The number of carbonyl (C=O) groups is 1. The molecule has 1 atom stereocenters. The van der Waals surface area contributed by atoms with Crippen LogP contribution < -0.4 is 5.32 Å². The Bertz CT molecular complexity index is 1100. The van der Waals surface area contributed by atoms with E-state index >= 15 is 0 Å². The average Bonchev–Trinajstić information content (AvgIpc) is 3.55. The molecular weight excluding hydrogens is 460 g/mol. The molecule has 2 heterocycles. The van der Waals surface area contributed by atoms with Gasteiger partial charge in [-0.3, -0.25) is 4.79 Å². The quantitative estimate of drug-likeness (QED) is 0.461. The highest BCUT2D eigenvalue weighted by Gasteiger charge is 2.40. The molecule has 5 nitrogen and oxygen atoms in total. The first-order valence-corrected chi connectivity index (χ1v) is 14.5. The molecule has 0 spiro atoms. The van der Waals surface area contributed by atoms with Crippen molar-refractivity contribution in [3.05, 3.63) is 52.3 Å². The zero-order valence-electron chi connectivity index (χ0n) is 23.5. The second-order valence-corrected chi connectivity index (χ2v) is 13.2. The van der Waals surface area contributed by atoms with Crippen molar-refractivity contribution >= 4 is 5.91 Å². The highest BCUT2D eigenvalue weighted by atomic mass is 16.5. The maximum Gasteiger partial charge on any atom is 0.253 e. The van der Waals surface area contributed by atoms with Crippen molar-refractivity contribution < 1.29 is 14.6 Å². The molecule has 2 aliphatic carbocycles. The van der Waals surface area contributed by atoms with Crippen molar-refractivity contribution in [2.24, 2.45) is 5.92 Å². The van der Waals surface area contributed by atoms with E-state index in [-0.39, 0.29) is 28.7 Å². The van der Waals surface area contributed by atoms with Crippen LogP contribution in [-0.2, 0) is 15.6 Å². The number of nitrogens with zero attached hydrogens (tertiary/aromatic N) is 1. The monoisotopic (exact) mass is 506 g/mol. The molecule has 2 N–H and O–H groups in total. The van der Waals surface area contributed by atoms with Crippen LogP contribution in [0.2, 0.25) is 0 Å². The van der Waals surface area contributed by atoms with Crippen molar-refractivity contribution in [2.45, 2.75) is 115 Å². The number of hydrogen-bond acceptors (Lipinski definition) is 3. The molecule has 3 fully saturated rings. The Balaban J connectivity index is 1.60. The lowest BCUT2D eigenvalue weighted by Gasteiger charge is -2.29. The molecule has 3 aliphatic rings. The molecule has 2 saturated carbocycles. The number of aromatic nitrogens is 1. The number of carbonyl (C=O) groups excluding carboxylic acids is 1. The van der Waals surface area contributed by atoms with Crippen LogP contribution in [0.15, 0.2) is 24.4 Å². The molecule has 1 aromatic carbocycles. The van der Waals surface area contributed by atoms with Crippen molar-refractivity contribution in [3.8, 4) is 5.69 Å². The zero-order valence-corrected chi connectivity index (χ0v) is 23.5. The third-order valence-electron chi connectivity index (χ3n) is 9.24. The maximum atomic E-state index is 13.5. The van der Waals surface area contributed by atoms with Crippen molar-refractivity contribution in [2.75, 3.05) is 13.2 Å². The van der Waals surface area contributed by atoms with Gasteiger partial charge >= 0.3 is 0 Å². The molecule has 0 bridgehead atoms. The number of nitrogens with one attached hydrogen (secondary N) is 1. The molecular formula is C32H46N2O3. The van der Waals surface area contributed by atoms with Crippen LogP contribution in [0.3, 0.4) is 0 Å². The number of rotatable bonds is 6. The van der Waals surface area contributed by atoms with Gasteiger partial charge in [-0.2, -0.15) is 0 Å². The standard InChI is InChI=1S/C32H46N2O3/c1-21-27(30(36)33-25-11-15-37-16-12-25)20-34(28(21)29(35)22-9-7-6-8-10-22)26-18-23(31(2,3)4)17-24(19-26)32(5)13-14-32/h17-20,22,25,29,35H,6-16H2,1-5H3,(H,33,36). The van der Waals surface area contributed by atoms with Crippen LogP contribution >= 0.6 is 0 Å². The average molecular weight is 507 g/mol. The summed E-state index contributed by atoms with van der Waals surface area (Å²) in [5.74, 6) is 0.195. The highest BCUT2D eigenvalue weighted by molar-refractivity contribution is 5.96. The van der Waals surface area contributed by atoms with Crippen molar-refractivity contribution in [1.82, 2.24) is 9.88 Å². The van der Waals surface area contributed by atoms with Crippen LogP contribution in [-0.4, -0.2) is 34.8 Å². The molecule has 1 aliphatic heterocycles. The second kappa shape index (κ2) is 10.2. The third-order valence-corrected chi connectivity index (χ3v) is 9.24. The van der Waals surface area contributed by atoms with Gasteiger partial charge in [0.1, 0.15) is 0 Å². The Labute approximate surface area is 223 Å². The van der Waals surface area contributed by atoms with Gasteiger partial charge in [0, 0.05) is 31.1 Å². The Kier molecular flexibility index (Phi) is 7.32. The summed E-state index contributed by atoms with van der Waals surface area (Å²) < 4.78 is 7.63. The predicted molar refractivity (Wildman–Crippen MR) is 149 cm³/mol. The summed E-state index contributed by atoms with van der Waals surface area (Å²) in [6.07, 6.45) is 11.2.